The number of hydrogen-bond acceptors (Lipinski definition) is 3. The van der Waals surface area contributed by atoms with Gasteiger partial charge in [0, 0.05) is 9.37 Å². The summed E-state index contributed by atoms with van der Waals surface area (Å²) in [5, 5.41) is 11.5. The molecule has 0 aliphatic rings. The Morgan fingerprint density at radius 2 is 2.19 bits per heavy atom. The lowest BCUT2D eigenvalue weighted by atomic mass is 10.1. The first kappa shape index (κ1) is 12.2. The van der Waals surface area contributed by atoms with Crippen molar-refractivity contribution < 1.29 is 5.11 Å². The van der Waals surface area contributed by atoms with Crippen molar-refractivity contribution in [3.63, 3.8) is 0 Å². The van der Waals surface area contributed by atoms with E-state index in [1.54, 1.807) is 30.0 Å². The first-order valence-electron chi connectivity index (χ1n) is 4.85. The smallest absolute Gasteiger partial charge is 0.0762 e. The summed E-state index contributed by atoms with van der Waals surface area (Å²) in [5.74, 6) is 0. The van der Waals surface area contributed by atoms with Gasteiger partial charge in [0.05, 0.1) is 10.3 Å². The van der Waals surface area contributed by atoms with E-state index in [9.17, 15) is 5.11 Å². The van der Waals surface area contributed by atoms with Crippen LogP contribution in [0.3, 0.4) is 0 Å². The Bertz CT molecular complexity index is 466. The van der Waals surface area contributed by atoms with Gasteiger partial charge in [-0.05, 0) is 52.0 Å². The van der Waals surface area contributed by atoms with E-state index >= 15 is 0 Å². The van der Waals surface area contributed by atoms with Gasteiger partial charge in [-0.1, -0.05) is 23.9 Å². The second-order valence-corrected chi connectivity index (χ2v) is 6.54. The highest BCUT2D eigenvalue weighted by atomic mass is 79.9. The van der Waals surface area contributed by atoms with Crippen molar-refractivity contribution in [3.8, 4) is 0 Å². The van der Waals surface area contributed by atoms with Gasteiger partial charge in [-0.3, -0.25) is 0 Å². The van der Waals surface area contributed by atoms with Crippen LogP contribution >= 0.6 is 39.0 Å². The Kier molecular flexibility index (Phi) is 4.08. The number of hydrogen-bond donors (Lipinski definition) is 1. The quantitative estimate of drug-likeness (QED) is 0.885. The number of thiophene rings is 1. The molecular formula is C12H11BrOS2. The molecule has 16 heavy (non-hydrogen) atoms. The van der Waals surface area contributed by atoms with E-state index in [2.05, 4.69) is 27.4 Å². The summed E-state index contributed by atoms with van der Waals surface area (Å²) in [5.41, 5.74) is 0.933. The predicted molar refractivity (Wildman–Crippen MR) is 73.2 cm³/mol. The average molecular weight is 315 g/mol. The maximum Gasteiger partial charge on any atom is 0.0762 e. The van der Waals surface area contributed by atoms with Gasteiger partial charge in [0.1, 0.15) is 0 Å². The van der Waals surface area contributed by atoms with Crippen LogP contribution in [0, 0.1) is 0 Å². The fourth-order valence-electron chi connectivity index (χ4n) is 1.29. The minimum Gasteiger partial charge on any atom is -0.389 e. The monoisotopic (exact) mass is 314 g/mol. The summed E-state index contributed by atoms with van der Waals surface area (Å²) < 4.78 is 2.30. The van der Waals surface area contributed by atoms with Crippen LogP contribution < -0.4 is 0 Å². The lowest BCUT2D eigenvalue weighted by Gasteiger charge is -2.08. The molecule has 1 heterocycles. The Morgan fingerprint density at radius 1 is 1.38 bits per heavy atom. The number of rotatable bonds is 3. The molecule has 0 unspecified atom stereocenters. The molecule has 0 spiro atoms. The lowest BCUT2D eigenvalue weighted by Crippen LogP contribution is -1.90. The number of benzene rings is 1. The molecule has 0 saturated heterocycles. The third kappa shape index (κ3) is 2.88. The molecule has 1 nitrogen and oxygen atoms in total. The van der Waals surface area contributed by atoms with Crippen LogP contribution in [0.1, 0.15) is 18.6 Å². The van der Waals surface area contributed by atoms with Crippen LogP contribution in [0.4, 0.5) is 0 Å². The van der Waals surface area contributed by atoms with E-state index < -0.39 is 6.10 Å². The highest BCUT2D eigenvalue weighted by molar-refractivity contribution is 9.10. The van der Waals surface area contributed by atoms with Crippen LogP contribution in [0.25, 0.3) is 0 Å². The van der Waals surface area contributed by atoms with Crippen LogP contribution in [0.2, 0.25) is 0 Å². The second-order valence-electron chi connectivity index (χ2n) is 3.40. The normalized spacial score (nSPS) is 12.7. The summed E-state index contributed by atoms with van der Waals surface area (Å²) in [6.45, 7) is 1.77. The molecule has 0 radical (unpaired) electrons. The Balaban J connectivity index is 2.23. The Morgan fingerprint density at radius 3 is 2.75 bits per heavy atom. The van der Waals surface area contributed by atoms with E-state index in [1.807, 2.05) is 24.3 Å². The first-order valence-corrected chi connectivity index (χ1v) is 7.34. The average Bonchev–Trinajstić information content (AvgIpc) is 2.73. The molecule has 1 atom stereocenters. The van der Waals surface area contributed by atoms with Crippen molar-refractivity contribution in [2.24, 2.45) is 0 Å². The molecule has 1 aromatic heterocycles. The van der Waals surface area contributed by atoms with Gasteiger partial charge >= 0.3 is 0 Å². The summed E-state index contributed by atoms with van der Waals surface area (Å²) in [4.78, 5) is 1.17. The van der Waals surface area contributed by atoms with Crippen LogP contribution in [0.5, 0.6) is 0 Å². The van der Waals surface area contributed by atoms with E-state index in [-0.39, 0.29) is 0 Å². The Labute approximate surface area is 112 Å². The molecule has 4 heteroatoms. The van der Waals surface area contributed by atoms with Gasteiger partial charge in [0.25, 0.3) is 0 Å². The zero-order chi connectivity index (χ0) is 11.5. The zero-order valence-corrected chi connectivity index (χ0v) is 11.9. The third-order valence-corrected chi connectivity index (χ3v) is 5.18. The third-order valence-electron chi connectivity index (χ3n) is 2.14. The van der Waals surface area contributed by atoms with Crippen LogP contribution in [-0.2, 0) is 0 Å². The second kappa shape index (κ2) is 5.36. The van der Waals surface area contributed by atoms with Crippen molar-refractivity contribution in [2.45, 2.75) is 22.1 Å². The number of aliphatic hydroxyl groups excluding tert-OH is 1. The fourth-order valence-corrected chi connectivity index (χ4v) is 3.66. The van der Waals surface area contributed by atoms with Gasteiger partial charge in [0.2, 0.25) is 0 Å². The van der Waals surface area contributed by atoms with Gasteiger partial charge < -0.3 is 5.11 Å². The molecule has 1 aromatic carbocycles. The SMILES string of the molecule is C[C@H](O)c1ccc(Sc2cccs2)c(Br)c1. The standard InChI is InChI=1S/C12H11BrOS2/c1-8(14)9-4-5-11(10(13)7-9)16-12-3-2-6-15-12/h2-8,14H,1H3/t8-/m0/s1. The van der Waals surface area contributed by atoms with E-state index in [0.29, 0.717) is 0 Å². The molecule has 1 N–H and O–H groups in total. The number of halogens is 1. The van der Waals surface area contributed by atoms with Crippen molar-refractivity contribution in [2.75, 3.05) is 0 Å². The molecule has 0 saturated carbocycles. The topological polar surface area (TPSA) is 20.2 Å². The largest absolute Gasteiger partial charge is 0.389 e. The van der Waals surface area contributed by atoms with E-state index in [0.717, 1.165) is 10.0 Å². The minimum absolute atomic E-state index is 0.419. The van der Waals surface area contributed by atoms with Crippen molar-refractivity contribution in [3.05, 3.63) is 45.7 Å². The van der Waals surface area contributed by atoms with Gasteiger partial charge in [0.15, 0.2) is 0 Å². The molecule has 0 aliphatic heterocycles. The van der Waals surface area contributed by atoms with Gasteiger partial charge in [-0.25, -0.2) is 0 Å². The fraction of sp³-hybridized carbons (Fsp3) is 0.167. The summed E-state index contributed by atoms with van der Waals surface area (Å²) >= 11 is 6.99. The maximum atomic E-state index is 9.47. The highest BCUT2D eigenvalue weighted by Gasteiger charge is 2.07. The van der Waals surface area contributed by atoms with Crippen molar-refractivity contribution in [1.29, 1.82) is 0 Å². The van der Waals surface area contributed by atoms with Crippen molar-refractivity contribution in [1.82, 2.24) is 0 Å². The lowest BCUT2D eigenvalue weighted by molar-refractivity contribution is 0.199. The molecule has 0 amide bonds. The summed E-state index contributed by atoms with van der Waals surface area (Å²) in [6, 6.07) is 10.1. The summed E-state index contributed by atoms with van der Waals surface area (Å²) in [6.07, 6.45) is -0.419. The van der Waals surface area contributed by atoms with Crippen molar-refractivity contribution >= 4 is 39.0 Å². The molecule has 0 aliphatic carbocycles. The number of aliphatic hydroxyl groups is 1. The highest BCUT2D eigenvalue weighted by Crippen LogP contribution is 2.36. The van der Waals surface area contributed by atoms with Crippen LogP contribution in [-0.4, -0.2) is 5.11 Å². The van der Waals surface area contributed by atoms with Crippen LogP contribution in [0.15, 0.2) is 49.3 Å². The zero-order valence-electron chi connectivity index (χ0n) is 8.68. The minimum atomic E-state index is -0.419. The predicted octanol–water partition coefficient (Wildman–Crippen LogP) is 4.72. The molecule has 84 valence electrons. The first-order chi connectivity index (χ1) is 7.66. The van der Waals surface area contributed by atoms with E-state index in [4.69, 9.17) is 0 Å². The molecule has 2 aromatic rings. The molecular weight excluding hydrogens is 304 g/mol. The molecule has 0 bridgehead atoms. The van der Waals surface area contributed by atoms with Gasteiger partial charge in [-0.15, -0.1) is 11.3 Å². The molecule has 2 rings (SSSR count). The van der Waals surface area contributed by atoms with Gasteiger partial charge in [-0.2, -0.15) is 0 Å². The van der Waals surface area contributed by atoms with E-state index in [1.165, 1.54) is 9.10 Å². The molecule has 0 fully saturated rings. The summed E-state index contributed by atoms with van der Waals surface area (Å²) in [7, 11) is 0. The maximum absolute atomic E-state index is 9.47. The Hall–Kier alpha value is -0.290.